The first-order chi connectivity index (χ1) is 9.72. The number of carbonyl (C=O) groups excluding carboxylic acids is 1. The van der Waals surface area contributed by atoms with Gasteiger partial charge in [0, 0.05) is 31.0 Å². The lowest BCUT2D eigenvalue weighted by molar-refractivity contribution is -0.119. The number of hydrogen-bond donors (Lipinski definition) is 2. The molecule has 1 saturated heterocycles. The Kier molecular flexibility index (Phi) is 5.29. The number of aromatic nitrogens is 2. The van der Waals surface area contributed by atoms with E-state index in [-0.39, 0.29) is 11.9 Å². The molecule has 0 radical (unpaired) electrons. The number of anilines is 1. The van der Waals surface area contributed by atoms with Crippen molar-refractivity contribution in [1.29, 1.82) is 0 Å². The second-order valence-corrected chi connectivity index (χ2v) is 5.18. The normalized spacial score (nSPS) is 19.1. The van der Waals surface area contributed by atoms with Gasteiger partial charge in [-0.2, -0.15) is 0 Å². The molecule has 6 nitrogen and oxygen atoms in total. The van der Waals surface area contributed by atoms with Crippen molar-refractivity contribution in [1.82, 2.24) is 15.3 Å². The highest BCUT2D eigenvalue weighted by atomic mass is 16.1. The van der Waals surface area contributed by atoms with Crippen LogP contribution in [0.1, 0.15) is 38.2 Å². The largest absolute Gasteiger partial charge is 0.368 e. The van der Waals surface area contributed by atoms with Gasteiger partial charge in [0.1, 0.15) is 6.04 Å². The molecular weight excluding hydrogens is 254 g/mol. The zero-order valence-corrected chi connectivity index (χ0v) is 12.0. The lowest BCUT2D eigenvalue weighted by Crippen LogP contribution is -2.48. The van der Waals surface area contributed by atoms with Gasteiger partial charge in [-0.15, -0.1) is 0 Å². The Morgan fingerprint density at radius 2 is 2.20 bits per heavy atom. The number of nitrogens with two attached hydrogens (primary N) is 1. The first-order valence-electron chi connectivity index (χ1n) is 7.30. The van der Waals surface area contributed by atoms with Crippen LogP contribution in [0.3, 0.4) is 0 Å². The van der Waals surface area contributed by atoms with Crippen LogP contribution in [0, 0.1) is 0 Å². The number of hydrogen-bond acceptors (Lipinski definition) is 5. The molecule has 0 bridgehead atoms. The van der Waals surface area contributed by atoms with E-state index >= 15 is 0 Å². The van der Waals surface area contributed by atoms with Crippen LogP contribution < -0.4 is 16.0 Å². The van der Waals surface area contributed by atoms with Gasteiger partial charge in [-0.3, -0.25) is 4.79 Å². The molecular formula is C14H23N5O. The van der Waals surface area contributed by atoms with Gasteiger partial charge in [0.25, 0.3) is 0 Å². The fourth-order valence-corrected chi connectivity index (χ4v) is 2.46. The Morgan fingerprint density at radius 3 is 2.85 bits per heavy atom. The summed E-state index contributed by atoms with van der Waals surface area (Å²) in [5, 5.41) is 3.31. The van der Waals surface area contributed by atoms with Crippen LogP contribution in [-0.2, 0) is 11.3 Å². The number of piperidine rings is 1. The number of amides is 1. The summed E-state index contributed by atoms with van der Waals surface area (Å²) < 4.78 is 0. The van der Waals surface area contributed by atoms with Gasteiger partial charge < -0.3 is 16.0 Å². The molecule has 0 saturated carbocycles. The Bertz CT molecular complexity index is 434. The van der Waals surface area contributed by atoms with E-state index < -0.39 is 0 Å². The predicted molar refractivity (Wildman–Crippen MR) is 78.2 cm³/mol. The minimum atomic E-state index is -0.290. The van der Waals surface area contributed by atoms with E-state index in [4.69, 9.17) is 5.73 Å². The lowest BCUT2D eigenvalue weighted by atomic mass is 10.0. The molecule has 20 heavy (non-hydrogen) atoms. The molecule has 2 heterocycles. The van der Waals surface area contributed by atoms with Gasteiger partial charge in [-0.05, 0) is 32.2 Å². The molecule has 0 aromatic carbocycles. The van der Waals surface area contributed by atoms with E-state index in [2.05, 4.69) is 22.2 Å². The van der Waals surface area contributed by atoms with Gasteiger partial charge in [-0.1, -0.05) is 6.92 Å². The molecule has 0 aliphatic carbocycles. The Hall–Kier alpha value is -1.69. The fourth-order valence-electron chi connectivity index (χ4n) is 2.46. The Morgan fingerprint density at radius 1 is 1.45 bits per heavy atom. The average Bonchev–Trinajstić information content (AvgIpc) is 2.48. The minimum absolute atomic E-state index is 0.271. The maximum Gasteiger partial charge on any atom is 0.240 e. The van der Waals surface area contributed by atoms with Crippen molar-refractivity contribution in [2.45, 2.75) is 45.2 Å². The smallest absolute Gasteiger partial charge is 0.240 e. The molecule has 1 aliphatic rings. The SMILES string of the molecule is CCCNCc1cnc(N2CCCCC2C(N)=O)nc1. The molecule has 1 fully saturated rings. The zero-order chi connectivity index (χ0) is 14.4. The Labute approximate surface area is 119 Å². The third-order valence-electron chi connectivity index (χ3n) is 3.54. The quantitative estimate of drug-likeness (QED) is 0.752. The maximum absolute atomic E-state index is 11.5. The molecule has 1 aromatic heterocycles. The highest BCUT2D eigenvalue weighted by Crippen LogP contribution is 2.21. The average molecular weight is 277 g/mol. The number of nitrogens with zero attached hydrogens (tertiary/aromatic N) is 3. The highest BCUT2D eigenvalue weighted by molar-refractivity contribution is 5.83. The second-order valence-electron chi connectivity index (χ2n) is 5.18. The van der Waals surface area contributed by atoms with Crippen LogP contribution in [0.4, 0.5) is 5.95 Å². The summed E-state index contributed by atoms with van der Waals surface area (Å²) in [5.74, 6) is 0.315. The number of carbonyl (C=O) groups is 1. The van der Waals surface area contributed by atoms with Gasteiger partial charge >= 0.3 is 0 Å². The van der Waals surface area contributed by atoms with Crippen molar-refractivity contribution in [3.05, 3.63) is 18.0 Å². The number of nitrogens with one attached hydrogen (secondary N) is 1. The van der Waals surface area contributed by atoms with Crippen LogP contribution in [0.15, 0.2) is 12.4 Å². The van der Waals surface area contributed by atoms with Crippen LogP contribution in [0.25, 0.3) is 0 Å². The number of primary amides is 1. The van der Waals surface area contributed by atoms with Crippen molar-refractivity contribution < 1.29 is 4.79 Å². The van der Waals surface area contributed by atoms with Gasteiger partial charge in [0.15, 0.2) is 0 Å². The molecule has 1 aliphatic heterocycles. The second kappa shape index (κ2) is 7.19. The lowest BCUT2D eigenvalue weighted by Gasteiger charge is -2.33. The van der Waals surface area contributed by atoms with Crippen molar-refractivity contribution in [2.24, 2.45) is 5.73 Å². The molecule has 3 N–H and O–H groups in total. The molecule has 6 heteroatoms. The molecule has 2 rings (SSSR count). The third-order valence-corrected chi connectivity index (χ3v) is 3.54. The van der Waals surface area contributed by atoms with E-state index in [1.165, 1.54) is 0 Å². The molecule has 1 aromatic rings. The molecule has 1 amide bonds. The van der Waals surface area contributed by atoms with Crippen LogP contribution in [-0.4, -0.2) is 35.0 Å². The predicted octanol–water partition coefficient (Wildman–Crippen LogP) is 0.820. The van der Waals surface area contributed by atoms with Crippen LogP contribution >= 0.6 is 0 Å². The number of rotatable bonds is 6. The van der Waals surface area contributed by atoms with Gasteiger partial charge in [0.2, 0.25) is 11.9 Å². The van der Waals surface area contributed by atoms with Crippen LogP contribution in [0.5, 0.6) is 0 Å². The topological polar surface area (TPSA) is 84.1 Å². The molecule has 110 valence electrons. The summed E-state index contributed by atoms with van der Waals surface area (Å²) in [6.45, 7) is 4.68. The fraction of sp³-hybridized carbons (Fsp3) is 0.643. The van der Waals surface area contributed by atoms with Crippen molar-refractivity contribution in [2.75, 3.05) is 18.0 Å². The van der Waals surface area contributed by atoms with Gasteiger partial charge in [-0.25, -0.2) is 9.97 Å². The third kappa shape index (κ3) is 3.66. The van der Waals surface area contributed by atoms with Crippen molar-refractivity contribution >= 4 is 11.9 Å². The summed E-state index contributed by atoms with van der Waals surface area (Å²) in [4.78, 5) is 22.2. The summed E-state index contributed by atoms with van der Waals surface area (Å²) >= 11 is 0. The highest BCUT2D eigenvalue weighted by Gasteiger charge is 2.28. The van der Waals surface area contributed by atoms with Crippen molar-refractivity contribution in [3.8, 4) is 0 Å². The summed E-state index contributed by atoms with van der Waals surface area (Å²) in [6.07, 6.45) is 7.61. The summed E-state index contributed by atoms with van der Waals surface area (Å²) in [6, 6.07) is -0.271. The zero-order valence-electron chi connectivity index (χ0n) is 12.0. The van der Waals surface area contributed by atoms with Crippen molar-refractivity contribution in [3.63, 3.8) is 0 Å². The van der Waals surface area contributed by atoms with E-state index in [1.807, 2.05) is 17.3 Å². The van der Waals surface area contributed by atoms with Crippen LogP contribution in [0.2, 0.25) is 0 Å². The minimum Gasteiger partial charge on any atom is -0.368 e. The summed E-state index contributed by atoms with van der Waals surface area (Å²) in [5.41, 5.74) is 6.51. The summed E-state index contributed by atoms with van der Waals surface area (Å²) in [7, 11) is 0. The van der Waals surface area contributed by atoms with E-state index in [0.29, 0.717) is 5.95 Å². The molecule has 0 spiro atoms. The molecule has 1 unspecified atom stereocenters. The molecule has 1 atom stereocenters. The van der Waals surface area contributed by atoms with E-state index in [1.54, 1.807) is 0 Å². The Balaban J connectivity index is 2.02. The van der Waals surface area contributed by atoms with E-state index in [9.17, 15) is 4.79 Å². The first kappa shape index (κ1) is 14.7. The van der Waals surface area contributed by atoms with Gasteiger partial charge in [0.05, 0.1) is 0 Å². The monoisotopic (exact) mass is 277 g/mol. The standard InChI is InChI=1S/C14H23N5O/c1-2-6-16-8-11-9-17-14(18-10-11)19-7-4-3-5-12(19)13(15)20/h9-10,12,16H,2-8H2,1H3,(H2,15,20). The first-order valence-corrected chi connectivity index (χ1v) is 7.30. The van der Waals surface area contributed by atoms with E-state index in [0.717, 1.165) is 50.9 Å². The maximum atomic E-state index is 11.5.